The maximum Gasteiger partial charge on any atom is 0.145 e. The molecule has 0 saturated carbocycles. The first kappa shape index (κ1) is 9.95. The van der Waals surface area contributed by atoms with Crippen molar-refractivity contribution < 1.29 is 0 Å². The minimum absolute atomic E-state index is 0.149. The van der Waals surface area contributed by atoms with Crippen LogP contribution in [0.15, 0.2) is 11.8 Å². The topological polar surface area (TPSA) is 59.6 Å². The number of nitrogens with one attached hydrogen (secondary N) is 1. The van der Waals surface area contributed by atoms with Gasteiger partial charge in [0, 0.05) is 18.0 Å². The standard InChI is InChI=1S/C9H11N3S/c10-4-8(5-11)6-12-9-2-1-3-13-7-9/h6,9,12H,1-3,7H2. The number of thioether (sulfide) groups is 1. The van der Waals surface area contributed by atoms with Crippen LogP contribution in [0.4, 0.5) is 0 Å². The molecule has 0 amide bonds. The summed E-state index contributed by atoms with van der Waals surface area (Å²) in [6.07, 6.45) is 3.87. The van der Waals surface area contributed by atoms with E-state index in [2.05, 4.69) is 5.32 Å². The van der Waals surface area contributed by atoms with Crippen LogP contribution in [-0.4, -0.2) is 17.5 Å². The van der Waals surface area contributed by atoms with Gasteiger partial charge in [-0.2, -0.15) is 22.3 Å². The number of hydrogen-bond acceptors (Lipinski definition) is 4. The molecule has 4 heteroatoms. The summed E-state index contributed by atoms with van der Waals surface area (Å²) in [6.45, 7) is 0. The lowest BCUT2D eigenvalue weighted by atomic mass is 10.2. The molecule has 1 aliphatic rings. The predicted octanol–water partition coefficient (Wildman–Crippen LogP) is 1.40. The quantitative estimate of drug-likeness (QED) is 0.673. The van der Waals surface area contributed by atoms with Gasteiger partial charge in [-0.25, -0.2) is 0 Å². The molecule has 1 fully saturated rings. The SMILES string of the molecule is N#CC(C#N)=CNC1CCCSC1. The molecule has 1 unspecified atom stereocenters. The van der Waals surface area contributed by atoms with Crippen LogP contribution in [0.2, 0.25) is 0 Å². The lowest BCUT2D eigenvalue weighted by Gasteiger charge is -2.21. The Morgan fingerprint density at radius 3 is 2.77 bits per heavy atom. The summed E-state index contributed by atoms with van der Waals surface area (Å²) < 4.78 is 0. The van der Waals surface area contributed by atoms with Gasteiger partial charge >= 0.3 is 0 Å². The lowest BCUT2D eigenvalue weighted by molar-refractivity contribution is 0.575. The molecular weight excluding hydrogens is 182 g/mol. The zero-order valence-electron chi connectivity index (χ0n) is 7.29. The van der Waals surface area contributed by atoms with Gasteiger partial charge in [-0.15, -0.1) is 0 Å². The van der Waals surface area contributed by atoms with Crippen molar-refractivity contribution in [1.82, 2.24) is 5.32 Å². The van der Waals surface area contributed by atoms with Crippen molar-refractivity contribution in [3.63, 3.8) is 0 Å². The van der Waals surface area contributed by atoms with Gasteiger partial charge in [0.25, 0.3) is 0 Å². The van der Waals surface area contributed by atoms with Gasteiger partial charge in [0.05, 0.1) is 0 Å². The van der Waals surface area contributed by atoms with Crippen LogP contribution in [0.5, 0.6) is 0 Å². The van der Waals surface area contributed by atoms with E-state index in [1.165, 1.54) is 18.4 Å². The zero-order valence-corrected chi connectivity index (χ0v) is 8.10. The number of hydrogen-bond donors (Lipinski definition) is 1. The molecular formula is C9H11N3S. The van der Waals surface area contributed by atoms with E-state index in [4.69, 9.17) is 10.5 Å². The summed E-state index contributed by atoms with van der Waals surface area (Å²) in [6, 6.07) is 4.07. The number of rotatable bonds is 2. The first-order valence-electron chi connectivity index (χ1n) is 4.21. The summed E-state index contributed by atoms with van der Waals surface area (Å²) in [5.74, 6) is 2.30. The first-order valence-corrected chi connectivity index (χ1v) is 5.36. The van der Waals surface area contributed by atoms with Crippen LogP contribution in [0.3, 0.4) is 0 Å². The summed E-state index contributed by atoms with van der Waals surface area (Å²) in [7, 11) is 0. The van der Waals surface area contributed by atoms with E-state index < -0.39 is 0 Å². The molecule has 0 aromatic heterocycles. The van der Waals surface area contributed by atoms with Gasteiger partial charge in [-0.05, 0) is 18.6 Å². The monoisotopic (exact) mass is 193 g/mol. The number of allylic oxidation sites excluding steroid dienone is 1. The van der Waals surface area contributed by atoms with Crippen LogP contribution < -0.4 is 5.32 Å². The second kappa shape index (κ2) is 5.50. The highest BCUT2D eigenvalue weighted by Gasteiger charge is 2.11. The molecule has 0 aromatic carbocycles. The van der Waals surface area contributed by atoms with Crippen molar-refractivity contribution >= 4 is 11.8 Å². The molecule has 1 N–H and O–H groups in total. The summed E-state index contributed by atoms with van der Waals surface area (Å²) in [5.41, 5.74) is 0.149. The van der Waals surface area contributed by atoms with Gasteiger partial charge in [0.15, 0.2) is 0 Å². The van der Waals surface area contributed by atoms with Crippen LogP contribution in [-0.2, 0) is 0 Å². The van der Waals surface area contributed by atoms with Crippen molar-refractivity contribution in [3.05, 3.63) is 11.8 Å². The Balaban J connectivity index is 2.37. The Bertz CT molecular complexity index is 250. The van der Waals surface area contributed by atoms with E-state index in [0.29, 0.717) is 6.04 Å². The van der Waals surface area contributed by atoms with Crippen LogP contribution in [0, 0.1) is 22.7 Å². The van der Waals surface area contributed by atoms with E-state index in [-0.39, 0.29) is 5.57 Å². The van der Waals surface area contributed by atoms with Gasteiger partial charge in [0.1, 0.15) is 17.7 Å². The van der Waals surface area contributed by atoms with Gasteiger partial charge < -0.3 is 5.32 Å². The van der Waals surface area contributed by atoms with Crippen molar-refractivity contribution in [2.24, 2.45) is 0 Å². The second-order valence-corrected chi connectivity index (χ2v) is 4.01. The van der Waals surface area contributed by atoms with Gasteiger partial charge in [-0.1, -0.05) is 0 Å². The van der Waals surface area contributed by atoms with E-state index >= 15 is 0 Å². The minimum Gasteiger partial charge on any atom is -0.386 e. The van der Waals surface area contributed by atoms with Gasteiger partial charge in [0.2, 0.25) is 0 Å². The fraction of sp³-hybridized carbons (Fsp3) is 0.556. The molecule has 1 atom stereocenters. The minimum atomic E-state index is 0.149. The van der Waals surface area contributed by atoms with E-state index in [0.717, 1.165) is 12.2 Å². The maximum absolute atomic E-state index is 8.47. The largest absolute Gasteiger partial charge is 0.386 e. The fourth-order valence-electron chi connectivity index (χ4n) is 1.16. The average molecular weight is 193 g/mol. The summed E-state index contributed by atoms with van der Waals surface area (Å²) in [5, 5.41) is 20.0. The lowest BCUT2D eigenvalue weighted by Crippen LogP contribution is -2.29. The Labute approximate surface area is 82.4 Å². The first-order chi connectivity index (χ1) is 6.36. The highest BCUT2D eigenvalue weighted by Crippen LogP contribution is 2.16. The van der Waals surface area contributed by atoms with Crippen molar-refractivity contribution in [1.29, 1.82) is 10.5 Å². The molecule has 0 aliphatic carbocycles. The van der Waals surface area contributed by atoms with Crippen LogP contribution in [0.1, 0.15) is 12.8 Å². The fourth-order valence-corrected chi connectivity index (χ4v) is 2.25. The zero-order chi connectivity index (χ0) is 9.52. The van der Waals surface area contributed by atoms with Crippen LogP contribution >= 0.6 is 11.8 Å². The van der Waals surface area contributed by atoms with Crippen molar-refractivity contribution in [2.45, 2.75) is 18.9 Å². The molecule has 0 aromatic rings. The van der Waals surface area contributed by atoms with Crippen molar-refractivity contribution in [3.8, 4) is 12.1 Å². The highest BCUT2D eigenvalue weighted by atomic mass is 32.2. The molecule has 1 heterocycles. The van der Waals surface area contributed by atoms with Crippen molar-refractivity contribution in [2.75, 3.05) is 11.5 Å². The molecule has 0 spiro atoms. The highest BCUT2D eigenvalue weighted by molar-refractivity contribution is 7.99. The number of nitrogens with zero attached hydrogens (tertiary/aromatic N) is 2. The Hall–Kier alpha value is -1.13. The molecule has 68 valence electrons. The molecule has 1 aliphatic heterocycles. The van der Waals surface area contributed by atoms with E-state index in [1.807, 2.05) is 23.9 Å². The van der Waals surface area contributed by atoms with Gasteiger partial charge in [-0.3, -0.25) is 0 Å². The maximum atomic E-state index is 8.47. The summed E-state index contributed by atoms with van der Waals surface area (Å²) in [4.78, 5) is 0. The third-order valence-electron chi connectivity index (χ3n) is 1.86. The second-order valence-electron chi connectivity index (χ2n) is 2.86. The third kappa shape index (κ3) is 3.40. The predicted molar refractivity (Wildman–Crippen MR) is 52.8 cm³/mol. The molecule has 0 radical (unpaired) electrons. The number of nitriles is 2. The Morgan fingerprint density at radius 1 is 1.46 bits per heavy atom. The Kier molecular flexibility index (Phi) is 4.21. The Morgan fingerprint density at radius 2 is 2.23 bits per heavy atom. The smallest absolute Gasteiger partial charge is 0.145 e. The normalized spacial score (nSPS) is 20.9. The molecule has 13 heavy (non-hydrogen) atoms. The molecule has 1 saturated heterocycles. The molecule has 3 nitrogen and oxygen atoms in total. The van der Waals surface area contributed by atoms with E-state index in [9.17, 15) is 0 Å². The third-order valence-corrected chi connectivity index (χ3v) is 3.08. The average Bonchev–Trinajstić information content (AvgIpc) is 2.21. The van der Waals surface area contributed by atoms with Crippen LogP contribution in [0.25, 0.3) is 0 Å². The van der Waals surface area contributed by atoms with E-state index in [1.54, 1.807) is 0 Å². The summed E-state index contributed by atoms with van der Waals surface area (Å²) >= 11 is 1.91. The molecule has 0 bridgehead atoms. The molecule has 1 rings (SSSR count).